The van der Waals surface area contributed by atoms with Crippen LogP contribution in [0.3, 0.4) is 0 Å². The van der Waals surface area contributed by atoms with E-state index >= 15 is 0 Å². The van der Waals surface area contributed by atoms with Gasteiger partial charge < -0.3 is 15.0 Å². The van der Waals surface area contributed by atoms with Gasteiger partial charge in [-0.25, -0.2) is 0 Å². The Balaban J connectivity index is 1.74. The van der Waals surface area contributed by atoms with Crippen molar-refractivity contribution in [3.05, 3.63) is 24.3 Å². The van der Waals surface area contributed by atoms with Crippen LogP contribution < -0.4 is 15.0 Å². The highest BCUT2D eigenvalue weighted by Gasteiger charge is 2.26. The number of amides is 1. The number of hydrogen-bond acceptors (Lipinski definition) is 3. The molecule has 0 spiro atoms. The lowest BCUT2D eigenvalue weighted by molar-refractivity contribution is -0.121. The highest BCUT2D eigenvalue weighted by atomic mass is 16.5. The molecule has 2 aliphatic heterocycles. The molecular weight excluding hydrogens is 216 g/mol. The van der Waals surface area contributed by atoms with Gasteiger partial charge in [0.05, 0.1) is 5.69 Å². The van der Waals surface area contributed by atoms with Crippen molar-refractivity contribution in [3.8, 4) is 5.75 Å². The van der Waals surface area contributed by atoms with Gasteiger partial charge in [-0.15, -0.1) is 0 Å². The molecule has 1 fully saturated rings. The third-order valence-electron chi connectivity index (χ3n) is 3.44. The number of nitrogens with zero attached hydrogens (tertiary/aromatic N) is 1. The molecule has 1 aromatic carbocycles. The molecule has 0 atom stereocenters. The van der Waals surface area contributed by atoms with Crippen LogP contribution in [0, 0.1) is 5.92 Å². The monoisotopic (exact) mass is 232 g/mol. The van der Waals surface area contributed by atoms with Gasteiger partial charge in [0.2, 0.25) is 0 Å². The van der Waals surface area contributed by atoms with Crippen LogP contribution in [0.5, 0.6) is 5.75 Å². The molecule has 2 heterocycles. The molecule has 1 amide bonds. The number of ether oxygens (including phenoxy) is 1. The number of anilines is 1. The molecule has 1 N–H and O–H groups in total. The number of carbonyl (C=O) groups is 1. The van der Waals surface area contributed by atoms with Gasteiger partial charge in [0.15, 0.2) is 6.61 Å². The minimum Gasteiger partial charge on any atom is -0.482 e. The SMILES string of the molecule is O=C1COc2ccccc2N1CCC1CNC1. The maximum atomic E-state index is 11.9. The average molecular weight is 232 g/mol. The molecule has 0 unspecified atom stereocenters. The minimum absolute atomic E-state index is 0.0657. The van der Waals surface area contributed by atoms with Crippen molar-refractivity contribution in [2.75, 3.05) is 31.1 Å². The first-order valence-electron chi connectivity index (χ1n) is 6.07. The maximum Gasteiger partial charge on any atom is 0.265 e. The Bertz CT molecular complexity index is 429. The number of hydrogen-bond donors (Lipinski definition) is 1. The lowest BCUT2D eigenvalue weighted by atomic mass is 9.99. The Morgan fingerprint density at radius 3 is 2.94 bits per heavy atom. The Kier molecular flexibility index (Phi) is 2.73. The van der Waals surface area contributed by atoms with Crippen molar-refractivity contribution in [2.45, 2.75) is 6.42 Å². The maximum absolute atomic E-state index is 11.9. The molecule has 1 saturated heterocycles. The summed E-state index contributed by atoms with van der Waals surface area (Å²) in [6.45, 7) is 3.13. The molecular formula is C13H16N2O2. The molecule has 0 radical (unpaired) electrons. The number of para-hydroxylation sites is 2. The molecule has 0 aliphatic carbocycles. The predicted octanol–water partition coefficient (Wildman–Crippen LogP) is 1.02. The molecule has 1 aromatic rings. The number of rotatable bonds is 3. The van der Waals surface area contributed by atoms with E-state index in [1.54, 1.807) is 0 Å². The summed E-state index contributed by atoms with van der Waals surface area (Å²) in [5, 5.41) is 3.25. The lowest BCUT2D eigenvalue weighted by Crippen LogP contribution is -2.45. The lowest BCUT2D eigenvalue weighted by Gasteiger charge is -2.33. The zero-order chi connectivity index (χ0) is 11.7. The molecule has 0 saturated carbocycles. The number of nitrogens with one attached hydrogen (secondary N) is 1. The van der Waals surface area contributed by atoms with Gasteiger partial charge in [0, 0.05) is 6.54 Å². The molecule has 0 bridgehead atoms. The van der Waals surface area contributed by atoms with Crippen molar-refractivity contribution in [1.82, 2.24) is 5.32 Å². The number of carbonyl (C=O) groups excluding carboxylic acids is 1. The molecule has 0 aromatic heterocycles. The van der Waals surface area contributed by atoms with Crippen LogP contribution in [-0.4, -0.2) is 32.1 Å². The van der Waals surface area contributed by atoms with Crippen LogP contribution in [0.2, 0.25) is 0 Å². The zero-order valence-corrected chi connectivity index (χ0v) is 9.69. The summed E-state index contributed by atoms with van der Waals surface area (Å²) in [6.07, 6.45) is 1.06. The van der Waals surface area contributed by atoms with Crippen molar-refractivity contribution in [2.24, 2.45) is 5.92 Å². The molecule has 4 nitrogen and oxygen atoms in total. The Labute approximate surface area is 101 Å². The van der Waals surface area contributed by atoms with Gasteiger partial charge >= 0.3 is 0 Å². The van der Waals surface area contributed by atoms with E-state index in [2.05, 4.69) is 5.32 Å². The third-order valence-corrected chi connectivity index (χ3v) is 3.44. The zero-order valence-electron chi connectivity index (χ0n) is 9.69. The summed E-state index contributed by atoms with van der Waals surface area (Å²) >= 11 is 0. The van der Waals surface area contributed by atoms with Crippen LogP contribution in [0.25, 0.3) is 0 Å². The van der Waals surface area contributed by atoms with E-state index in [4.69, 9.17) is 4.74 Å². The fraction of sp³-hybridized carbons (Fsp3) is 0.462. The van der Waals surface area contributed by atoms with Crippen LogP contribution in [0.4, 0.5) is 5.69 Å². The topological polar surface area (TPSA) is 41.6 Å². The highest BCUT2D eigenvalue weighted by molar-refractivity contribution is 5.97. The fourth-order valence-electron chi connectivity index (χ4n) is 2.26. The quantitative estimate of drug-likeness (QED) is 0.846. The summed E-state index contributed by atoms with van der Waals surface area (Å²) in [5.41, 5.74) is 0.913. The summed E-state index contributed by atoms with van der Waals surface area (Å²) < 4.78 is 5.41. The molecule has 17 heavy (non-hydrogen) atoms. The Hall–Kier alpha value is -1.55. The van der Waals surface area contributed by atoms with Crippen LogP contribution in [-0.2, 0) is 4.79 Å². The molecule has 90 valence electrons. The van der Waals surface area contributed by atoms with E-state index in [1.165, 1.54) is 0 Å². The summed E-state index contributed by atoms with van der Waals surface area (Å²) in [7, 11) is 0. The number of fused-ring (bicyclic) bond motifs is 1. The number of benzene rings is 1. The first-order valence-corrected chi connectivity index (χ1v) is 6.07. The molecule has 3 rings (SSSR count). The first-order chi connectivity index (χ1) is 8.34. The van der Waals surface area contributed by atoms with E-state index in [0.29, 0.717) is 0 Å². The van der Waals surface area contributed by atoms with Gasteiger partial charge in [-0.1, -0.05) is 12.1 Å². The van der Waals surface area contributed by atoms with Crippen LogP contribution >= 0.6 is 0 Å². The standard InChI is InChI=1S/C13H16N2O2/c16-13-9-17-12-4-2-1-3-11(12)15(13)6-5-10-7-14-8-10/h1-4,10,14H,5-9H2. The molecule has 4 heteroatoms. The van der Waals surface area contributed by atoms with E-state index in [9.17, 15) is 4.79 Å². The van der Waals surface area contributed by atoms with E-state index in [0.717, 1.165) is 43.4 Å². The van der Waals surface area contributed by atoms with Gasteiger partial charge in [-0.05, 0) is 37.6 Å². The Morgan fingerprint density at radius 2 is 2.18 bits per heavy atom. The predicted molar refractivity (Wildman–Crippen MR) is 65.3 cm³/mol. The second kappa shape index (κ2) is 4.37. The van der Waals surface area contributed by atoms with Crippen molar-refractivity contribution < 1.29 is 9.53 Å². The summed E-state index contributed by atoms with van der Waals surface area (Å²) in [6, 6.07) is 7.74. The largest absolute Gasteiger partial charge is 0.482 e. The Morgan fingerprint density at radius 1 is 1.35 bits per heavy atom. The van der Waals surface area contributed by atoms with Gasteiger partial charge in [0.1, 0.15) is 5.75 Å². The van der Waals surface area contributed by atoms with Crippen LogP contribution in [0.1, 0.15) is 6.42 Å². The van der Waals surface area contributed by atoms with Crippen molar-refractivity contribution >= 4 is 11.6 Å². The van der Waals surface area contributed by atoms with Crippen LogP contribution in [0.15, 0.2) is 24.3 Å². The van der Waals surface area contributed by atoms with E-state index < -0.39 is 0 Å². The van der Waals surface area contributed by atoms with Gasteiger partial charge in [-0.2, -0.15) is 0 Å². The average Bonchev–Trinajstić information content (AvgIpc) is 2.30. The highest BCUT2D eigenvalue weighted by Crippen LogP contribution is 2.31. The van der Waals surface area contributed by atoms with Crippen molar-refractivity contribution in [3.63, 3.8) is 0 Å². The fourth-order valence-corrected chi connectivity index (χ4v) is 2.26. The smallest absolute Gasteiger partial charge is 0.265 e. The summed E-state index contributed by atoms with van der Waals surface area (Å²) in [4.78, 5) is 13.7. The second-order valence-electron chi connectivity index (χ2n) is 4.61. The normalized spacial score (nSPS) is 19.5. The van der Waals surface area contributed by atoms with E-state index in [-0.39, 0.29) is 12.5 Å². The molecule has 2 aliphatic rings. The summed E-state index contributed by atoms with van der Waals surface area (Å²) in [5.74, 6) is 1.60. The minimum atomic E-state index is 0.0657. The van der Waals surface area contributed by atoms with Crippen molar-refractivity contribution in [1.29, 1.82) is 0 Å². The van der Waals surface area contributed by atoms with E-state index in [1.807, 2.05) is 29.2 Å². The second-order valence-corrected chi connectivity index (χ2v) is 4.61. The van der Waals surface area contributed by atoms with Gasteiger partial charge in [0.25, 0.3) is 5.91 Å². The first kappa shape index (κ1) is 10.6. The van der Waals surface area contributed by atoms with Gasteiger partial charge in [-0.3, -0.25) is 4.79 Å². The third kappa shape index (κ3) is 2.00.